The van der Waals surface area contributed by atoms with E-state index in [1.165, 1.54) is 6.07 Å². The Bertz CT molecular complexity index is 1050. The number of rotatable bonds is 8. The number of hydrogen-bond acceptors (Lipinski definition) is 5. The van der Waals surface area contributed by atoms with Gasteiger partial charge in [0.05, 0.1) is 0 Å². The standard InChI is InChI=1S/C23H24N2O3/c1-16(24-11-10-17-4-6-18(15-26)7-5-17)12-19-13-23(27)28-22-9-8-20(25(2)3)14-21(19)22/h4-9,13-15,24H,1,10-12H2,2-3H3. The van der Waals surface area contributed by atoms with E-state index in [2.05, 4.69) is 11.9 Å². The summed E-state index contributed by atoms with van der Waals surface area (Å²) in [5.41, 5.74) is 4.81. The molecule has 0 fully saturated rings. The summed E-state index contributed by atoms with van der Waals surface area (Å²) in [6.07, 6.45) is 2.20. The number of nitrogens with zero attached hydrogens (tertiary/aromatic N) is 1. The molecule has 0 unspecified atom stereocenters. The molecule has 0 aliphatic rings. The van der Waals surface area contributed by atoms with Crippen molar-refractivity contribution < 1.29 is 9.21 Å². The molecule has 0 spiro atoms. The Hall–Kier alpha value is -3.34. The van der Waals surface area contributed by atoms with Gasteiger partial charge >= 0.3 is 5.63 Å². The number of carbonyl (C=O) groups excluding carboxylic acids is 1. The van der Waals surface area contributed by atoms with Gasteiger partial charge in [-0.2, -0.15) is 0 Å². The summed E-state index contributed by atoms with van der Waals surface area (Å²) in [5.74, 6) is 0. The molecule has 0 saturated heterocycles. The predicted octanol–water partition coefficient (Wildman–Crippen LogP) is 3.56. The van der Waals surface area contributed by atoms with E-state index in [1.54, 1.807) is 0 Å². The van der Waals surface area contributed by atoms with Gasteiger partial charge in [-0.25, -0.2) is 4.79 Å². The number of aldehydes is 1. The fourth-order valence-electron chi connectivity index (χ4n) is 3.08. The summed E-state index contributed by atoms with van der Waals surface area (Å²) >= 11 is 0. The van der Waals surface area contributed by atoms with Crippen LogP contribution in [0.2, 0.25) is 0 Å². The summed E-state index contributed by atoms with van der Waals surface area (Å²) in [6, 6.07) is 14.8. The van der Waals surface area contributed by atoms with Crippen molar-refractivity contribution in [2.75, 3.05) is 25.5 Å². The second-order valence-electron chi connectivity index (χ2n) is 6.98. The van der Waals surface area contributed by atoms with Crippen LogP contribution in [0.3, 0.4) is 0 Å². The minimum Gasteiger partial charge on any atom is -0.423 e. The second-order valence-corrected chi connectivity index (χ2v) is 6.98. The van der Waals surface area contributed by atoms with Crippen LogP contribution in [-0.2, 0) is 12.8 Å². The molecule has 0 amide bonds. The van der Waals surface area contributed by atoms with Crippen molar-refractivity contribution in [1.29, 1.82) is 0 Å². The number of nitrogens with one attached hydrogen (secondary N) is 1. The Labute approximate surface area is 164 Å². The van der Waals surface area contributed by atoms with Crippen molar-refractivity contribution in [2.45, 2.75) is 12.8 Å². The van der Waals surface area contributed by atoms with E-state index >= 15 is 0 Å². The molecule has 0 radical (unpaired) electrons. The molecule has 5 heteroatoms. The van der Waals surface area contributed by atoms with Gasteiger partial charge in [-0.3, -0.25) is 4.79 Å². The number of allylic oxidation sites excluding steroid dienone is 1. The molecular weight excluding hydrogens is 352 g/mol. The van der Waals surface area contributed by atoms with E-state index in [1.807, 2.05) is 61.5 Å². The topological polar surface area (TPSA) is 62.6 Å². The van der Waals surface area contributed by atoms with Crippen LogP contribution in [0.4, 0.5) is 5.69 Å². The average Bonchev–Trinajstić information content (AvgIpc) is 2.68. The number of hydrogen-bond donors (Lipinski definition) is 1. The zero-order valence-corrected chi connectivity index (χ0v) is 16.2. The van der Waals surface area contributed by atoms with Crippen molar-refractivity contribution in [3.63, 3.8) is 0 Å². The number of benzene rings is 2. The van der Waals surface area contributed by atoms with E-state index in [4.69, 9.17) is 4.42 Å². The lowest BCUT2D eigenvalue weighted by Gasteiger charge is -2.15. The molecule has 0 atom stereocenters. The molecule has 3 aromatic rings. The first-order valence-electron chi connectivity index (χ1n) is 9.16. The summed E-state index contributed by atoms with van der Waals surface area (Å²) < 4.78 is 5.33. The molecule has 0 aliphatic heterocycles. The van der Waals surface area contributed by atoms with Crippen LogP contribution in [0.25, 0.3) is 11.0 Å². The predicted molar refractivity (Wildman–Crippen MR) is 113 cm³/mol. The minimum absolute atomic E-state index is 0.358. The Balaban J connectivity index is 1.68. The van der Waals surface area contributed by atoms with Crippen LogP contribution in [0.5, 0.6) is 0 Å². The van der Waals surface area contributed by atoms with E-state index in [0.717, 1.165) is 47.1 Å². The molecule has 5 nitrogen and oxygen atoms in total. The second kappa shape index (κ2) is 8.57. The largest absolute Gasteiger partial charge is 0.423 e. The highest BCUT2D eigenvalue weighted by molar-refractivity contribution is 5.84. The molecule has 0 bridgehead atoms. The van der Waals surface area contributed by atoms with Gasteiger partial charge in [-0.1, -0.05) is 30.8 Å². The Kier molecular flexibility index (Phi) is 5.94. The number of anilines is 1. The Morgan fingerprint density at radius 1 is 1.14 bits per heavy atom. The molecular formula is C23H24N2O3. The third-order valence-corrected chi connectivity index (χ3v) is 4.64. The van der Waals surface area contributed by atoms with Crippen LogP contribution in [0, 0.1) is 0 Å². The highest BCUT2D eigenvalue weighted by Gasteiger charge is 2.09. The molecule has 0 saturated carbocycles. The number of fused-ring (bicyclic) bond motifs is 1. The lowest BCUT2D eigenvalue weighted by molar-refractivity contribution is 0.112. The quantitative estimate of drug-likeness (QED) is 0.481. The van der Waals surface area contributed by atoms with Gasteiger partial charge in [-0.05, 0) is 35.7 Å². The minimum atomic E-state index is -0.358. The van der Waals surface area contributed by atoms with Crippen LogP contribution < -0.4 is 15.8 Å². The van der Waals surface area contributed by atoms with Crippen LogP contribution in [-0.4, -0.2) is 26.9 Å². The molecule has 0 aliphatic carbocycles. The highest BCUT2D eigenvalue weighted by atomic mass is 16.4. The summed E-state index contributed by atoms with van der Waals surface area (Å²) in [4.78, 5) is 24.6. The monoisotopic (exact) mass is 376 g/mol. The molecule has 3 rings (SSSR count). The lowest BCUT2D eigenvalue weighted by atomic mass is 10.0. The molecule has 28 heavy (non-hydrogen) atoms. The molecule has 1 heterocycles. The Morgan fingerprint density at radius 3 is 2.57 bits per heavy atom. The fourth-order valence-corrected chi connectivity index (χ4v) is 3.08. The highest BCUT2D eigenvalue weighted by Crippen LogP contribution is 2.24. The van der Waals surface area contributed by atoms with Crippen LogP contribution in [0.15, 0.2) is 70.0 Å². The molecule has 1 aromatic heterocycles. The number of carbonyl (C=O) groups is 1. The summed E-state index contributed by atoms with van der Waals surface area (Å²) in [6.45, 7) is 4.83. The molecule has 1 N–H and O–H groups in total. The third-order valence-electron chi connectivity index (χ3n) is 4.64. The first-order valence-corrected chi connectivity index (χ1v) is 9.16. The van der Waals surface area contributed by atoms with Crippen molar-refractivity contribution in [1.82, 2.24) is 5.32 Å². The zero-order chi connectivity index (χ0) is 20.1. The van der Waals surface area contributed by atoms with Gasteiger partial charge in [0.2, 0.25) is 0 Å². The maximum absolute atomic E-state index is 11.9. The Morgan fingerprint density at radius 2 is 1.89 bits per heavy atom. The zero-order valence-electron chi connectivity index (χ0n) is 16.2. The fraction of sp³-hybridized carbons (Fsp3) is 0.217. The molecule has 2 aromatic carbocycles. The van der Waals surface area contributed by atoms with Crippen molar-refractivity contribution in [3.8, 4) is 0 Å². The van der Waals surface area contributed by atoms with Gasteiger partial charge in [-0.15, -0.1) is 0 Å². The first-order chi connectivity index (χ1) is 13.5. The first kappa shape index (κ1) is 19.4. The maximum Gasteiger partial charge on any atom is 0.336 e. The van der Waals surface area contributed by atoms with E-state index < -0.39 is 0 Å². The molecule has 144 valence electrons. The van der Waals surface area contributed by atoms with Crippen molar-refractivity contribution in [3.05, 3.63) is 87.9 Å². The van der Waals surface area contributed by atoms with E-state index in [9.17, 15) is 9.59 Å². The maximum atomic E-state index is 11.9. The normalized spacial score (nSPS) is 10.6. The van der Waals surface area contributed by atoms with Crippen molar-refractivity contribution in [2.24, 2.45) is 0 Å². The van der Waals surface area contributed by atoms with Crippen LogP contribution >= 0.6 is 0 Å². The van der Waals surface area contributed by atoms with Gasteiger partial charge in [0.1, 0.15) is 11.9 Å². The van der Waals surface area contributed by atoms with Crippen molar-refractivity contribution >= 4 is 22.9 Å². The third kappa shape index (κ3) is 4.68. The smallest absolute Gasteiger partial charge is 0.336 e. The lowest BCUT2D eigenvalue weighted by Crippen LogP contribution is -2.18. The van der Waals surface area contributed by atoms with Gasteiger partial charge in [0.25, 0.3) is 0 Å². The van der Waals surface area contributed by atoms with Gasteiger partial charge in [0, 0.05) is 55.5 Å². The summed E-state index contributed by atoms with van der Waals surface area (Å²) in [5, 5.41) is 4.24. The van der Waals surface area contributed by atoms with Crippen LogP contribution in [0.1, 0.15) is 21.5 Å². The van der Waals surface area contributed by atoms with Gasteiger partial charge < -0.3 is 14.6 Å². The SMILES string of the molecule is C=C(Cc1cc(=O)oc2ccc(N(C)C)cc12)NCCc1ccc(C=O)cc1. The average molecular weight is 376 g/mol. The van der Waals surface area contributed by atoms with E-state index in [0.29, 0.717) is 17.6 Å². The van der Waals surface area contributed by atoms with E-state index in [-0.39, 0.29) is 5.63 Å². The van der Waals surface area contributed by atoms with Gasteiger partial charge in [0.15, 0.2) is 0 Å². The summed E-state index contributed by atoms with van der Waals surface area (Å²) in [7, 11) is 3.95.